The molecule has 1 aliphatic rings. The van der Waals surface area contributed by atoms with Crippen molar-refractivity contribution in [2.24, 2.45) is 0 Å². The standard InChI is InChI=1S/C18H29N5O2/c1-4-22(5-2)18(25)14-20(3)17(24)15-21-10-12-23(13-11-21)16-8-6-7-9-19-16/h6-9H,4-5,10-15H2,1-3H3. The molecule has 2 rings (SSSR count). The molecule has 0 saturated carbocycles. The molecule has 1 fully saturated rings. The van der Waals surface area contributed by atoms with E-state index in [9.17, 15) is 9.59 Å². The van der Waals surface area contributed by atoms with E-state index in [4.69, 9.17) is 0 Å². The van der Waals surface area contributed by atoms with Gasteiger partial charge in [0.25, 0.3) is 0 Å². The van der Waals surface area contributed by atoms with E-state index in [-0.39, 0.29) is 18.4 Å². The number of amides is 2. The summed E-state index contributed by atoms with van der Waals surface area (Å²) in [4.78, 5) is 36.5. The van der Waals surface area contributed by atoms with Crippen molar-refractivity contribution in [1.82, 2.24) is 19.7 Å². The van der Waals surface area contributed by atoms with Crippen LogP contribution in [-0.2, 0) is 9.59 Å². The Labute approximate surface area is 150 Å². The van der Waals surface area contributed by atoms with Gasteiger partial charge in [-0.1, -0.05) is 6.07 Å². The number of carbonyl (C=O) groups is 2. The number of pyridine rings is 1. The van der Waals surface area contributed by atoms with Gasteiger partial charge in [-0.25, -0.2) is 4.98 Å². The number of aromatic nitrogens is 1. The van der Waals surface area contributed by atoms with Gasteiger partial charge in [0, 0.05) is 52.5 Å². The molecular formula is C18H29N5O2. The van der Waals surface area contributed by atoms with E-state index in [1.54, 1.807) is 18.1 Å². The first-order valence-corrected chi connectivity index (χ1v) is 8.95. The summed E-state index contributed by atoms with van der Waals surface area (Å²) in [5.41, 5.74) is 0. The van der Waals surface area contributed by atoms with Crippen molar-refractivity contribution >= 4 is 17.6 Å². The zero-order chi connectivity index (χ0) is 18.2. The van der Waals surface area contributed by atoms with E-state index in [1.807, 2.05) is 32.0 Å². The highest BCUT2D eigenvalue weighted by molar-refractivity contribution is 5.85. The van der Waals surface area contributed by atoms with E-state index in [1.165, 1.54) is 4.90 Å². The van der Waals surface area contributed by atoms with Crippen LogP contribution in [0.5, 0.6) is 0 Å². The van der Waals surface area contributed by atoms with E-state index in [0.717, 1.165) is 32.0 Å². The van der Waals surface area contributed by atoms with Crippen LogP contribution >= 0.6 is 0 Å². The summed E-state index contributed by atoms with van der Waals surface area (Å²) in [6.07, 6.45) is 1.80. The monoisotopic (exact) mass is 347 g/mol. The lowest BCUT2D eigenvalue weighted by atomic mass is 10.3. The molecule has 1 saturated heterocycles. The number of carbonyl (C=O) groups excluding carboxylic acids is 2. The third-order valence-corrected chi connectivity index (χ3v) is 4.62. The van der Waals surface area contributed by atoms with Crippen LogP contribution in [0.1, 0.15) is 13.8 Å². The van der Waals surface area contributed by atoms with Gasteiger partial charge < -0.3 is 14.7 Å². The Hall–Kier alpha value is -2.15. The van der Waals surface area contributed by atoms with Gasteiger partial charge in [-0.15, -0.1) is 0 Å². The fourth-order valence-corrected chi connectivity index (χ4v) is 2.96. The number of hydrogen-bond acceptors (Lipinski definition) is 5. The van der Waals surface area contributed by atoms with Crippen LogP contribution < -0.4 is 4.90 Å². The van der Waals surface area contributed by atoms with Crippen molar-refractivity contribution in [1.29, 1.82) is 0 Å². The van der Waals surface area contributed by atoms with E-state index in [2.05, 4.69) is 14.8 Å². The molecule has 1 aliphatic heterocycles. The molecule has 0 aromatic carbocycles. The predicted octanol–water partition coefficient (Wildman–Crippen LogP) is 0.530. The molecule has 1 aromatic heterocycles. The second-order valence-corrected chi connectivity index (χ2v) is 6.27. The van der Waals surface area contributed by atoms with Crippen LogP contribution in [0.4, 0.5) is 5.82 Å². The van der Waals surface area contributed by atoms with Crippen molar-refractivity contribution in [2.75, 3.05) is 64.3 Å². The quantitative estimate of drug-likeness (QED) is 0.720. The Balaban J connectivity index is 1.77. The molecule has 0 spiro atoms. The van der Waals surface area contributed by atoms with Gasteiger partial charge in [0.1, 0.15) is 5.82 Å². The summed E-state index contributed by atoms with van der Waals surface area (Å²) < 4.78 is 0. The van der Waals surface area contributed by atoms with Crippen molar-refractivity contribution in [3.63, 3.8) is 0 Å². The Morgan fingerprint density at radius 3 is 2.32 bits per heavy atom. The first-order chi connectivity index (χ1) is 12.0. The summed E-state index contributed by atoms with van der Waals surface area (Å²) >= 11 is 0. The number of rotatable bonds is 7. The maximum Gasteiger partial charge on any atom is 0.242 e. The molecule has 0 N–H and O–H groups in total. The van der Waals surface area contributed by atoms with Crippen LogP contribution in [0.2, 0.25) is 0 Å². The maximum atomic E-state index is 12.4. The molecule has 2 heterocycles. The Morgan fingerprint density at radius 2 is 1.76 bits per heavy atom. The van der Waals surface area contributed by atoms with Crippen LogP contribution in [0.3, 0.4) is 0 Å². The molecule has 7 heteroatoms. The van der Waals surface area contributed by atoms with Crippen LogP contribution in [0.15, 0.2) is 24.4 Å². The largest absolute Gasteiger partial charge is 0.354 e. The van der Waals surface area contributed by atoms with Crippen LogP contribution in [0, 0.1) is 0 Å². The van der Waals surface area contributed by atoms with Crippen molar-refractivity contribution in [3.8, 4) is 0 Å². The summed E-state index contributed by atoms with van der Waals surface area (Å²) in [6, 6.07) is 5.90. The molecule has 2 amide bonds. The second-order valence-electron chi connectivity index (χ2n) is 6.27. The highest BCUT2D eigenvalue weighted by Crippen LogP contribution is 2.12. The van der Waals surface area contributed by atoms with Gasteiger partial charge in [0.2, 0.25) is 11.8 Å². The molecule has 7 nitrogen and oxygen atoms in total. The molecule has 0 radical (unpaired) electrons. The Bertz CT molecular complexity index is 554. The highest BCUT2D eigenvalue weighted by atomic mass is 16.2. The average Bonchev–Trinajstić information content (AvgIpc) is 2.64. The maximum absolute atomic E-state index is 12.4. The van der Waals surface area contributed by atoms with E-state index < -0.39 is 0 Å². The number of nitrogens with zero attached hydrogens (tertiary/aromatic N) is 5. The first kappa shape index (κ1) is 19.2. The minimum absolute atomic E-state index is 0.000760. The van der Waals surface area contributed by atoms with Crippen molar-refractivity contribution < 1.29 is 9.59 Å². The van der Waals surface area contributed by atoms with E-state index >= 15 is 0 Å². The number of piperazine rings is 1. The number of hydrogen-bond donors (Lipinski definition) is 0. The van der Waals surface area contributed by atoms with Crippen LogP contribution in [0.25, 0.3) is 0 Å². The number of anilines is 1. The predicted molar refractivity (Wildman–Crippen MR) is 98.5 cm³/mol. The van der Waals surface area contributed by atoms with Gasteiger partial charge >= 0.3 is 0 Å². The summed E-state index contributed by atoms with van der Waals surface area (Å²) in [7, 11) is 1.70. The van der Waals surface area contributed by atoms with Crippen molar-refractivity contribution in [3.05, 3.63) is 24.4 Å². The smallest absolute Gasteiger partial charge is 0.242 e. The summed E-state index contributed by atoms with van der Waals surface area (Å²) in [6.45, 7) is 9.10. The van der Waals surface area contributed by atoms with Crippen LogP contribution in [-0.4, -0.2) is 90.9 Å². The lowest BCUT2D eigenvalue weighted by Gasteiger charge is -2.35. The Morgan fingerprint density at radius 1 is 1.08 bits per heavy atom. The summed E-state index contributed by atoms with van der Waals surface area (Å²) in [5, 5.41) is 0. The third-order valence-electron chi connectivity index (χ3n) is 4.62. The Kier molecular flexibility index (Phi) is 7.18. The normalized spacial score (nSPS) is 15.1. The minimum atomic E-state index is -0.00760. The topological polar surface area (TPSA) is 60.0 Å². The lowest BCUT2D eigenvalue weighted by Crippen LogP contribution is -2.51. The van der Waals surface area contributed by atoms with E-state index in [0.29, 0.717) is 19.6 Å². The molecule has 0 unspecified atom stereocenters. The zero-order valence-electron chi connectivity index (χ0n) is 15.5. The zero-order valence-corrected chi connectivity index (χ0v) is 15.5. The van der Waals surface area contributed by atoms with Gasteiger partial charge in [-0.2, -0.15) is 0 Å². The molecular weight excluding hydrogens is 318 g/mol. The SMILES string of the molecule is CCN(CC)C(=O)CN(C)C(=O)CN1CCN(c2ccccn2)CC1. The summed E-state index contributed by atoms with van der Waals surface area (Å²) in [5.74, 6) is 0.975. The lowest BCUT2D eigenvalue weighted by molar-refractivity contribution is -0.139. The molecule has 25 heavy (non-hydrogen) atoms. The van der Waals surface area contributed by atoms with Gasteiger partial charge in [-0.05, 0) is 26.0 Å². The fourth-order valence-electron chi connectivity index (χ4n) is 2.96. The molecule has 138 valence electrons. The van der Waals surface area contributed by atoms with Gasteiger partial charge in [-0.3, -0.25) is 14.5 Å². The molecule has 0 aliphatic carbocycles. The third kappa shape index (κ3) is 5.42. The number of likely N-dealkylation sites (N-methyl/N-ethyl adjacent to an activating group) is 2. The van der Waals surface area contributed by atoms with Gasteiger partial charge in [0.15, 0.2) is 0 Å². The van der Waals surface area contributed by atoms with Crippen molar-refractivity contribution in [2.45, 2.75) is 13.8 Å². The molecule has 0 atom stereocenters. The van der Waals surface area contributed by atoms with Gasteiger partial charge in [0.05, 0.1) is 13.1 Å². The second kappa shape index (κ2) is 9.36. The first-order valence-electron chi connectivity index (χ1n) is 8.95. The highest BCUT2D eigenvalue weighted by Gasteiger charge is 2.22. The minimum Gasteiger partial charge on any atom is -0.354 e. The average molecular weight is 347 g/mol. The molecule has 0 bridgehead atoms. The fraction of sp³-hybridized carbons (Fsp3) is 0.611. The molecule has 1 aromatic rings.